The van der Waals surface area contributed by atoms with Gasteiger partial charge >= 0.3 is 0 Å². The van der Waals surface area contributed by atoms with Crippen LogP contribution in [0, 0.1) is 0 Å². The van der Waals surface area contributed by atoms with Crippen molar-refractivity contribution >= 4 is 27.5 Å². The van der Waals surface area contributed by atoms with Gasteiger partial charge in [-0.2, -0.15) is 0 Å². The fourth-order valence-corrected chi connectivity index (χ4v) is 2.41. The summed E-state index contributed by atoms with van der Waals surface area (Å²) in [6, 6.07) is 5.82. The molecule has 2 N–H and O–H groups in total. The summed E-state index contributed by atoms with van der Waals surface area (Å²) < 4.78 is 0.892. The lowest BCUT2D eigenvalue weighted by atomic mass is 10.1. The molecule has 0 saturated heterocycles. The van der Waals surface area contributed by atoms with E-state index in [4.69, 9.17) is 11.6 Å². The molecule has 0 aliphatic carbocycles. The Morgan fingerprint density at radius 3 is 2.67 bits per heavy atom. The van der Waals surface area contributed by atoms with Crippen LogP contribution < -0.4 is 5.32 Å². The van der Waals surface area contributed by atoms with E-state index in [9.17, 15) is 5.11 Å². The summed E-state index contributed by atoms with van der Waals surface area (Å²) in [6.45, 7) is 3.72. The fraction of sp³-hybridized carbons (Fsp3) is 0.538. The van der Waals surface area contributed by atoms with E-state index in [2.05, 4.69) is 21.2 Å². The minimum Gasteiger partial charge on any atom is -0.388 e. The predicted molar refractivity (Wildman–Crippen MR) is 80.0 cm³/mol. The molecular weight excluding hydrogens is 316 g/mol. The Bertz CT molecular complexity index is 397. The second kappa shape index (κ2) is 6.87. The highest BCUT2D eigenvalue weighted by atomic mass is 79.9. The quantitative estimate of drug-likeness (QED) is 0.838. The first-order valence-electron chi connectivity index (χ1n) is 5.82. The molecule has 0 amide bonds. The summed E-state index contributed by atoms with van der Waals surface area (Å²) in [5.74, 6) is 0. The molecular formula is C13H20BrClN2O. The Labute approximate surface area is 122 Å². The molecule has 0 aliphatic rings. The van der Waals surface area contributed by atoms with Gasteiger partial charge in [0.15, 0.2) is 0 Å². The molecule has 1 atom stereocenters. The number of hydrogen-bond donors (Lipinski definition) is 2. The second-order valence-corrected chi connectivity index (χ2v) is 6.35. The van der Waals surface area contributed by atoms with Crippen LogP contribution in [0.3, 0.4) is 0 Å². The second-order valence-electron chi connectivity index (χ2n) is 5.09. The van der Waals surface area contributed by atoms with Crippen molar-refractivity contribution in [2.75, 3.05) is 27.2 Å². The van der Waals surface area contributed by atoms with Gasteiger partial charge in [0, 0.05) is 24.1 Å². The van der Waals surface area contributed by atoms with Gasteiger partial charge in [-0.05, 0) is 54.6 Å². The fourth-order valence-electron chi connectivity index (χ4n) is 1.86. The minimum atomic E-state index is -0.729. The molecule has 1 aromatic rings. The van der Waals surface area contributed by atoms with Crippen molar-refractivity contribution in [2.45, 2.75) is 19.1 Å². The van der Waals surface area contributed by atoms with Crippen molar-refractivity contribution in [2.24, 2.45) is 0 Å². The zero-order valence-corrected chi connectivity index (χ0v) is 13.3. The van der Waals surface area contributed by atoms with E-state index in [1.807, 2.05) is 44.1 Å². The third-order valence-electron chi connectivity index (χ3n) is 2.48. The summed E-state index contributed by atoms with van der Waals surface area (Å²) in [6.07, 6.45) is 0. The van der Waals surface area contributed by atoms with Crippen LogP contribution in [0.4, 0.5) is 0 Å². The van der Waals surface area contributed by atoms with Crippen molar-refractivity contribution in [1.29, 1.82) is 0 Å². The molecule has 1 rings (SSSR count). The first-order valence-corrected chi connectivity index (χ1v) is 6.99. The Morgan fingerprint density at radius 2 is 2.11 bits per heavy atom. The first-order chi connectivity index (χ1) is 8.30. The number of hydrogen-bond acceptors (Lipinski definition) is 3. The standard InChI is InChI=1S/C13H20BrClN2O/c1-13(18,9-17(2)3)8-16-7-10-4-5-12(15)11(14)6-10/h4-6,16,18H,7-9H2,1-3H3. The Kier molecular flexibility index (Phi) is 6.08. The van der Waals surface area contributed by atoms with E-state index in [1.165, 1.54) is 0 Å². The lowest BCUT2D eigenvalue weighted by Gasteiger charge is -2.27. The number of likely N-dealkylation sites (N-methyl/N-ethyl adjacent to an activating group) is 1. The van der Waals surface area contributed by atoms with Gasteiger partial charge in [0.25, 0.3) is 0 Å². The number of nitrogens with one attached hydrogen (secondary N) is 1. The van der Waals surface area contributed by atoms with Crippen LogP contribution in [-0.2, 0) is 6.54 Å². The number of nitrogens with zero attached hydrogens (tertiary/aromatic N) is 1. The Hall–Kier alpha value is -0.130. The van der Waals surface area contributed by atoms with Gasteiger partial charge in [-0.3, -0.25) is 0 Å². The third kappa shape index (κ3) is 5.67. The summed E-state index contributed by atoms with van der Waals surface area (Å²) in [4.78, 5) is 1.97. The van der Waals surface area contributed by atoms with Gasteiger partial charge in [-0.1, -0.05) is 17.7 Å². The SMILES string of the molecule is CN(C)CC(C)(O)CNCc1ccc(Cl)c(Br)c1. The van der Waals surface area contributed by atoms with Crippen LogP contribution in [0.25, 0.3) is 0 Å². The summed E-state index contributed by atoms with van der Waals surface area (Å²) >= 11 is 9.33. The van der Waals surface area contributed by atoms with Crippen LogP contribution in [-0.4, -0.2) is 42.8 Å². The topological polar surface area (TPSA) is 35.5 Å². The highest BCUT2D eigenvalue weighted by Gasteiger charge is 2.20. The summed E-state index contributed by atoms with van der Waals surface area (Å²) in [5, 5.41) is 14.1. The normalized spacial score (nSPS) is 14.8. The van der Waals surface area contributed by atoms with Crippen LogP contribution in [0.1, 0.15) is 12.5 Å². The molecule has 0 bridgehead atoms. The van der Waals surface area contributed by atoms with E-state index < -0.39 is 5.60 Å². The lowest BCUT2D eigenvalue weighted by Crippen LogP contribution is -2.45. The highest BCUT2D eigenvalue weighted by Crippen LogP contribution is 2.23. The lowest BCUT2D eigenvalue weighted by molar-refractivity contribution is 0.0336. The first kappa shape index (κ1) is 15.9. The molecule has 1 unspecified atom stereocenters. The molecule has 0 heterocycles. The van der Waals surface area contributed by atoms with Crippen LogP contribution >= 0.6 is 27.5 Å². The van der Waals surface area contributed by atoms with E-state index in [-0.39, 0.29) is 0 Å². The molecule has 0 saturated carbocycles. The van der Waals surface area contributed by atoms with Gasteiger partial charge in [-0.15, -0.1) is 0 Å². The van der Waals surface area contributed by atoms with Crippen LogP contribution in [0.2, 0.25) is 5.02 Å². The largest absolute Gasteiger partial charge is 0.388 e. The monoisotopic (exact) mass is 334 g/mol. The predicted octanol–water partition coefficient (Wildman–Crippen LogP) is 2.50. The Balaban J connectivity index is 2.43. The summed E-state index contributed by atoms with van der Waals surface area (Å²) in [5.41, 5.74) is 0.402. The number of aliphatic hydroxyl groups is 1. The van der Waals surface area contributed by atoms with Gasteiger partial charge < -0.3 is 15.3 Å². The highest BCUT2D eigenvalue weighted by molar-refractivity contribution is 9.10. The van der Waals surface area contributed by atoms with Crippen molar-refractivity contribution in [3.8, 4) is 0 Å². The molecule has 0 aliphatic heterocycles. The summed E-state index contributed by atoms with van der Waals surface area (Å²) in [7, 11) is 3.90. The molecule has 0 aromatic heterocycles. The third-order valence-corrected chi connectivity index (χ3v) is 3.69. The number of rotatable bonds is 6. The van der Waals surface area contributed by atoms with Gasteiger partial charge in [0.1, 0.15) is 0 Å². The smallest absolute Gasteiger partial charge is 0.0869 e. The van der Waals surface area contributed by atoms with E-state index in [0.717, 1.165) is 10.0 Å². The molecule has 102 valence electrons. The Morgan fingerprint density at radius 1 is 1.44 bits per heavy atom. The average molecular weight is 336 g/mol. The van der Waals surface area contributed by atoms with Gasteiger partial charge in [0.05, 0.1) is 10.6 Å². The van der Waals surface area contributed by atoms with Crippen molar-refractivity contribution < 1.29 is 5.11 Å². The molecule has 18 heavy (non-hydrogen) atoms. The van der Waals surface area contributed by atoms with Crippen molar-refractivity contribution in [1.82, 2.24) is 10.2 Å². The molecule has 5 heteroatoms. The maximum atomic E-state index is 10.1. The zero-order chi connectivity index (χ0) is 13.8. The zero-order valence-electron chi connectivity index (χ0n) is 11.0. The molecule has 3 nitrogen and oxygen atoms in total. The molecule has 1 aromatic carbocycles. The van der Waals surface area contributed by atoms with Crippen LogP contribution in [0.15, 0.2) is 22.7 Å². The minimum absolute atomic E-state index is 0.547. The van der Waals surface area contributed by atoms with E-state index in [0.29, 0.717) is 24.7 Å². The van der Waals surface area contributed by atoms with E-state index >= 15 is 0 Å². The number of benzene rings is 1. The molecule has 0 radical (unpaired) electrons. The average Bonchev–Trinajstić information content (AvgIpc) is 2.21. The van der Waals surface area contributed by atoms with E-state index in [1.54, 1.807) is 0 Å². The maximum Gasteiger partial charge on any atom is 0.0869 e. The van der Waals surface area contributed by atoms with Crippen molar-refractivity contribution in [3.63, 3.8) is 0 Å². The molecule has 0 fully saturated rings. The van der Waals surface area contributed by atoms with Gasteiger partial charge in [-0.25, -0.2) is 0 Å². The molecule has 0 spiro atoms. The van der Waals surface area contributed by atoms with Gasteiger partial charge in [0.2, 0.25) is 0 Å². The van der Waals surface area contributed by atoms with Crippen LogP contribution in [0.5, 0.6) is 0 Å². The maximum absolute atomic E-state index is 10.1. The number of halogens is 2. The van der Waals surface area contributed by atoms with Crippen molar-refractivity contribution in [3.05, 3.63) is 33.3 Å².